The van der Waals surface area contributed by atoms with Gasteiger partial charge in [-0.3, -0.25) is 9.59 Å². The molecule has 1 atom stereocenters. The lowest BCUT2D eigenvalue weighted by molar-refractivity contribution is -0.120. The van der Waals surface area contributed by atoms with E-state index < -0.39 is 0 Å². The lowest BCUT2D eigenvalue weighted by Crippen LogP contribution is -2.38. The minimum atomic E-state index is -0.291. The second kappa shape index (κ2) is 7.25. The Morgan fingerprint density at radius 3 is 2.81 bits per heavy atom. The van der Waals surface area contributed by atoms with Gasteiger partial charge in [-0.15, -0.1) is 0 Å². The molecule has 5 N–H and O–H groups in total. The molecule has 0 saturated carbocycles. The van der Waals surface area contributed by atoms with Crippen LogP contribution in [0.2, 0.25) is 0 Å². The first kappa shape index (κ1) is 17.3. The normalized spacial score (nSPS) is 15.5. The van der Waals surface area contributed by atoms with Crippen LogP contribution in [0.5, 0.6) is 0 Å². The van der Waals surface area contributed by atoms with E-state index in [2.05, 4.69) is 21.7 Å². The highest BCUT2D eigenvalue weighted by molar-refractivity contribution is 5.99. The van der Waals surface area contributed by atoms with Crippen molar-refractivity contribution in [2.75, 3.05) is 6.54 Å². The monoisotopic (exact) mass is 362 g/mol. The molecule has 0 radical (unpaired) electrons. The molecule has 6 heteroatoms. The predicted molar refractivity (Wildman–Crippen MR) is 104 cm³/mol. The zero-order valence-corrected chi connectivity index (χ0v) is 14.9. The summed E-state index contributed by atoms with van der Waals surface area (Å²) in [7, 11) is 0. The van der Waals surface area contributed by atoms with E-state index in [1.165, 1.54) is 5.56 Å². The number of aromatic amines is 1. The van der Waals surface area contributed by atoms with Crippen molar-refractivity contribution in [3.05, 3.63) is 70.9 Å². The van der Waals surface area contributed by atoms with E-state index in [1.54, 1.807) is 6.07 Å². The van der Waals surface area contributed by atoms with Gasteiger partial charge in [0.2, 0.25) is 5.91 Å². The first-order valence-electron chi connectivity index (χ1n) is 9.11. The maximum Gasteiger partial charge on any atom is 0.268 e. The van der Waals surface area contributed by atoms with Crippen molar-refractivity contribution in [1.82, 2.24) is 15.6 Å². The Balaban J connectivity index is 1.34. The molecule has 0 fully saturated rings. The number of carbonyl (C=O) groups is 2. The molecule has 1 aliphatic rings. The lowest BCUT2D eigenvalue weighted by Gasteiger charge is -2.15. The molecule has 2 aromatic carbocycles. The summed E-state index contributed by atoms with van der Waals surface area (Å²) in [5.41, 5.74) is 10.5. The van der Waals surface area contributed by atoms with E-state index in [-0.39, 0.29) is 24.4 Å². The fourth-order valence-electron chi connectivity index (χ4n) is 3.64. The fraction of sp³-hybridized carbons (Fsp3) is 0.238. The highest BCUT2D eigenvalue weighted by Gasteiger charge is 2.24. The number of amides is 2. The fourth-order valence-corrected chi connectivity index (χ4v) is 3.64. The molecule has 1 unspecified atom stereocenters. The molecule has 0 spiro atoms. The molecule has 0 bridgehead atoms. The molecular formula is C21H22N4O2. The Labute approximate surface area is 157 Å². The van der Waals surface area contributed by atoms with Crippen molar-refractivity contribution in [2.24, 2.45) is 5.73 Å². The summed E-state index contributed by atoms with van der Waals surface area (Å²) in [4.78, 5) is 27.6. The van der Waals surface area contributed by atoms with Crippen LogP contribution >= 0.6 is 0 Å². The molecule has 3 aromatic rings. The summed E-state index contributed by atoms with van der Waals surface area (Å²) in [6.07, 6.45) is 1.79. The number of aromatic nitrogens is 1. The van der Waals surface area contributed by atoms with Crippen molar-refractivity contribution >= 4 is 22.7 Å². The number of hydrogen-bond donors (Lipinski definition) is 4. The number of fused-ring (bicyclic) bond motifs is 2. The van der Waals surface area contributed by atoms with Crippen LogP contribution in [0, 0.1) is 0 Å². The zero-order valence-electron chi connectivity index (χ0n) is 14.9. The molecule has 1 heterocycles. The average molecular weight is 362 g/mol. The summed E-state index contributed by atoms with van der Waals surface area (Å²) in [5.74, 6) is -0.485. The highest BCUT2D eigenvalue weighted by Crippen LogP contribution is 2.31. The number of aryl methyl sites for hydroxylation is 1. The summed E-state index contributed by atoms with van der Waals surface area (Å²) < 4.78 is 0. The van der Waals surface area contributed by atoms with Gasteiger partial charge in [0.15, 0.2) is 0 Å². The van der Waals surface area contributed by atoms with E-state index in [0.29, 0.717) is 12.2 Å². The molecule has 138 valence electrons. The van der Waals surface area contributed by atoms with Crippen LogP contribution in [0.15, 0.2) is 48.5 Å². The predicted octanol–water partition coefficient (Wildman–Crippen LogP) is 2.16. The van der Waals surface area contributed by atoms with E-state index in [1.807, 2.05) is 36.4 Å². The van der Waals surface area contributed by atoms with Crippen molar-refractivity contribution < 1.29 is 9.59 Å². The van der Waals surface area contributed by atoms with Gasteiger partial charge in [-0.25, -0.2) is 0 Å². The van der Waals surface area contributed by atoms with Crippen LogP contribution in [-0.2, 0) is 17.8 Å². The van der Waals surface area contributed by atoms with Crippen molar-refractivity contribution in [3.8, 4) is 0 Å². The second-order valence-electron chi connectivity index (χ2n) is 6.85. The van der Waals surface area contributed by atoms with Crippen LogP contribution in [0.4, 0.5) is 0 Å². The number of para-hydroxylation sites is 1. The van der Waals surface area contributed by atoms with Gasteiger partial charge in [0, 0.05) is 17.4 Å². The van der Waals surface area contributed by atoms with Crippen molar-refractivity contribution in [1.29, 1.82) is 0 Å². The van der Waals surface area contributed by atoms with Gasteiger partial charge in [-0.2, -0.15) is 0 Å². The van der Waals surface area contributed by atoms with Crippen molar-refractivity contribution in [2.45, 2.75) is 25.4 Å². The van der Waals surface area contributed by atoms with Crippen molar-refractivity contribution in [3.63, 3.8) is 0 Å². The molecule has 6 nitrogen and oxygen atoms in total. The maximum atomic E-state index is 12.3. The van der Waals surface area contributed by atoms with Gasteiger partial charge in [0.1, 0.15) is 5.69 Å². The molecular weight excluding hydrogens is 340 g/mol. The quantitative estimate of drug-likeness (QED) is 0.559. The number of hydrogen-bond acceptors (Lipinski definition) is 3. The average Bonchev–Trinajstić information content (AvgIpc) is 3.30. The second-order valence-corrected chi connectivity index (χ2v) is 6.85. The molecule has 4 rings (SSSR count). The SMILES string of the molecule is NCc1ccc2c(c1)CCC2NC(=O)CNC(=O)c1cc2ccccc2[nH]1. The summed E-state index contributed by atoms with van der Waals surface area (Å²) >= 11 is 0. The van der Waals surface area contributed by atoms with Crippen LogP contribution in [-0.4, -0.2) is 23.3 Å². The third kappa shape index (κ3) is 3.57. The van der Waals surface area contributed by atoms with Gasteiger partial charge >= 0.3 is 0 Å². The molecule has 0 aliphatic heterocycles. The number of carbonyl (C=O) groups excluding carboxylic acids is 2. The minimum absolute atomic E-state index is 0.00991. The van der Waals surface area contributed by atoms with Crippen LogP contribution in [0.1, 0.15) is 39.6 Å². The summed E-state index contributed by atoms with van der Waals surface area (Å²) in [6.45, 7) is 0.463. The smallest absolute Gasteiger partial charge is 0.268 e. The van der Waals surface area contributed by atoms with E-state index in [4.69, 9.17) is 5.73 Å². The molecule has 2 amide bonds. The molecule has 1 aromatic heterocycles. The number of nitrogens with one attached hydrogen (secondary N) is 3. The number of H-pyrrole nitrogens is 1. The first-order valence-corrected chi connectivity index (χ1v) is 9.11. The third-order valence-electron chi connectivity index (χ3n) is 5.04. The van der Waals surface area contributed by atoms with Gasteiger partial charge in [0.25, 0.3) is 5.91 Å². The Morgan fingerprint density at radius 2 is 2.00 bits per heavy atom. The summed E-state index contributed by atoms with van der Waals surface area (Å²) in [5, 5.41) is 6.65. The third-order valence-corrected chi connectivity index (χ3v) is 5.04. The minimum Gasteiger partial charge on any atom is -0.351 e. The molecule has 0 saturated heterocycles. The maximum absolute atomic E-state index is 12.3. The number of rotatable bonds is 5. The summed E-state index contributed by atoms with van der Waals surface area (Å²) in [6, 6.07) is 15.6. The van der Waals surface area contributed by atoms with E-state index in [9.17, 15) is 9.59 Å². The highest BCUT2D eigenvalue weighted by atomic mass is 16.2. The number of nitrogens with two attached hydrogens (primary N) is 1. The van der Waals surface area contributed by atoms with E-state index in [0.717, 1.165) is 34.9 Å². The molecule has 1 aliphatic carbocycles. The topological polar surface area (TPSA) is 100 Å². The molecule has 27 heavy (non-hydrogen) atoms. The Morgan fingerprint density at radius 1 is 1.15 bits per heavy atom. The lowest BCUT2D eigenvalue weighted by atomic mass is 10.0. The standard InChI is InChI=1S/C21H22N4O2/c22-11-13-5-7-16-14(9-13)6-8-18(16)25-20(26)12-23-21(27)19-10-15-3-1-2-4-17(15)24-19/h1-5,7,9-10,18,24H,6,8,11-12,22H2,(H,23,27)(H,25,26). The van der Waals surface area contributed by atoms with Crippen LogP contribution in [0.3, 0.4) is 0 Å². The van der Waals surface area contributed by atoms with Gasteiger partial charge in [-0.1, -0.05) is 36.4 Å². The first-order chi connectivity index (χ1) is 13.1. The van der Waals surface area contributed by atoms with Crippen LogP contribution in [0.25, 0.3) is 10.9 Å². The van der Waals surface area contributed by atoms with Gasteiger partial charge in [0.05, 0.1) is 12.6 Å². The number of benzene rings is 2. The van der Waals surface area contributed by atoms with Crippen LogP contribution < -0.4 is 16.4 Å². The Kier molecular flexibility index (Phi) is 4.64. The van der Waals surface area contributed by atoms with Gasteiger partial charge < -0.3 is 21.4 Å². The Hall–Kier alpha value is -3.12. The van der Waals surface area contributed by atoms with E-state index >= 15 is 0 Å². The Bertz CT molecular complexity index is 975. The largest absolute Gasteiger partial charge is 0.351 e. The van der Waals surface area contributed by atoms with Gasteiger partial charge in [-0.05, 0) is 41.7 Å². The zero-order chi connectivity index (χ0) is 18.8.